The van der Waals surface area contributed by atoms with Crippen LogP contribution >= 0.6 is 23.7 Å². The fraction of sp³-hybridized carbons (Fsp3) is 0.333. The lowest BCUT2D eigenvalue weighted by atomic mass is 10.1. The van der Waals surface area contributed by atoms with Crippen LogP contribution in [0.5, 0.6) is 0 Å². The summed E-state index contributed by atoms with van der Waals surface area (Å²) in [6, 6.07) is 10.8. The van der Waals surface area contributed by atoms with Gasteiger partial charge in [0.1, 0.15) is 0 Å². The van der Waals surface area contributed by atoms with Crippen molar-refractivity contribution in [1.29, 1.82) is 0 Å². The number of nitrogens with zero attached hydrogens (tertiary/aromatic N) is 1. The summed E-state index contributed by atoms with van der Waals surface area (Å²) in [6.45, 7) is 4.15. The fourth-order valence-corrected chi connectivity index (χ4v) is 2.84. The summed E-state index contributed by atoms with van der Waals surface area (Å²) in [5.41, 5.74) is 7.67. The lowest BCUT2D eigenvalue weighted by Gasteiger charge is -2.23. The summed E-state index contributed by atoms with van der Waals surface area (Å²) in [4.78, 5) is 26.3. The first-order valence-electron chi connectivity index (χ1n) is 7.89. The van der Waals surface area contributed by atoms with E-state index in [1.54, 1.807) is 16.2 Å². The molecule has 2 amide bonds. The molecule has 0 bridgehead atoms. The van der Waals surface area contributed by atoms with E-state index in [2.05, 4.69) is 5.32 Å². The summed E-state index contributed by atoms with van der Waals surface area (Å²) in [5, 5.41) is 6.63. The summed E-state index contributed by atoms with van der Waals surface area (Å²) < 4.78 is 0. The van der Waals surface area contributed by atoms with Gasteiger partial charge in [-0.1, -0.05) is 32.0 Å². The van der Waals surface area contributed by atoms with Crippen LogP contribution in [0.2, 0.25) is 0 Å². The number of thiophene rings is 1. The molecule has 0 aliphatic carbocycles. The first-order valence-corrected chi connectivity index (χ1v) is 8.83. The molecular weight excluding hydrogens is 358 g/mol. The Kier molecular flexibility index (Phi) is 8.61. The molecule has 1 aromatic heterocycles. The summed E-state index contributed by atoms with van der Waals surface area (Å²) in [7, 11) is 0. The van der Waals surface area contributed by atoms with Gasteiger partial charge in [0.2, 0.25) is 11.8 Å². The smallest absolute Gasteiger partial charge is 0.246 e. The lowest BCUT2D eigenvalue weighted by Crippen LogP contribution is -2.47. The van der Waals surface area contributed by atoms with Gasteiger partial charge in [-0.15, -0.1) is 12.4 Å². The summed E-state index contributed by atoms with van der Waals surface area (Å²) >= 11 is 1.59. The molecule has 7 heteroatoms. The van der Waals surface area contributed by atoms with Crippen molar-refractivity contribution in [3.8, 4) is 0 Å². The van der Waals surface area contributed by atoms with Crippen LogP contribution in [-0.4, -0.2) is 24.4 Å². The Morgan fingerprint density at radius 2 is 1.88 bits per heavy atom. The molecule has 1 aromatic carbocycles. The van der Waals surface area contributed by atoms with Crippen LogP contribution in [0, 0.1) is 5.92 Å². The molecule has 1 heterocycles. The van der Waals surface area contributed by atoms with Crippen LogP contribution in [0.3, 0.4) is 0 Å². The zero-order chi connectivity index (χ0) is 17.5. The number of anilines is 1. The molecule has 0 saturated carbocycles. The van der Waals surface area contributed by atoms with Gasteiger partial charge in [0, 0.05) is 5.69 Å². The third-order valence-electron chi connectivity index (χ3n) is 3.72. The van der Waals surface area contributed by atoms with Crippen LogP contribution in [-0.2, 0) is 16.1 Å². The third kappa shape index (κ3) is 6.16. The van der Waals surface area contributed by atoms with Crippen LogP contribution in [0.25, 0.3) is 0 Å². The summed E-state index contributed by atoms with van der Waals surface area (Å²) in [5.74, 6) is -0.449. The highest BCUT2D eigenvalue weighted by atomic mass is 35.5. The molecule has 136 valence electrons. The quantitative estimate of drug-likeness (QED) is 0.774. The number of hydrogen-bond acceptors (Lipinski definition) is 4. The molecule has 0 spiro atoms. The standard InChI is InChI=1S/C18H23N3O2S.ClH/c1-13(2)17(19)18(23)20-10-16(22)21(11-14-8-9-24-12-14)15-6-4-3-5-7-15;/h3-9,12-13,17H,10-11,19H2,1-2H3,(H,20,23);1H/t17-;/m0./s1. The van der Waals surface area contributed by atoms with Crippen molar-refractivity contribution in [2.75, 3.05) is 11.4 Å². The highest BCUT2D eigenvalue weighted by molar-refractivity contribution is 7.07. The lowest BCUT2D eigenvalue weighted by molar-refractivity contribution is -0.126. The van der Waals surface area contributed by atoms with Gasteiger partial charge in [-0.2, -0.15) is 11.3 Å². The first kappa shape index (κ1) is 21.2. The Bertz CT molecular complexity index is 662. The number of hydrogen-bond donors (Lipinski definition) is 2. The Labute approximate surface area is 158 Å². The minimum absolute atomic E-state index is 0. The van der Waals surface area contributed by atoms with Crippen molar-refractivity contribution in [2.24, 2.45) is 11.7 Å². The van der Waals surface area contributed by atoms with E-state index in [0.29, 0.717) is 6.54 Å². The van der Waals surface area contributed by atoms with Gasteiger partial charge in [0.15, 0.2) is 0 Å². The second-order valence-electron chi connectivity index (χ2n) is 5.93. The second kappa shape index (κ2) is 10.2. The second-order valence-corrected chi connectivity index (χ2v) is 6.71. The van der Waals surface area contributed by atoms with E-state index >= 15 is 0 Å². The van der Waals surface area contributed by atoms with Gasteiger partial charge in [-0.3, -0.25) is 9.59 Å². The number of nitrogens with one attached hydrogen (secondary N) is 1. The van der Waals surface area contributed by atoms with E-state index in [1.165, 1.54) is 0 Å². The normalized spacial score (nSPS) is 11.5. The largest absolute Gasteiger partial charge is 0.346 e. The molecule has 0 aliphatic rings. The van der Waals surface area contributed by atoms with Crippen molar-refractivity contribution >= 4 is 41.2 Å². The number of carbonyl (C=O) groups excluding carboxylic acids is 2. The van der Waals surface area contributed by atoms with Crippen molar-refractivity contribution < 1.29 is 9.59 Å². The van der Waals surface area contributed by atoms with Gasteiger partial charge in [0.25, 0.3) is 0 Å². The number of carbonyl (C=O) groups is 2. The molecule has 0 radical (unpaired) electrons. The number of rotatable bonds is 7. The van der Waals surface area contributed by atoms with Crippen molar-refractivity contribution in [2.45, 2.75) is 26.4 Å². The molecule has 3 N–H and O–H groups in total. The van der Waals surface area contributed by atoms with E-state index in [9.17, 15) is 9.59 Å². The maximum atomic E-state index is 12.6. The Morgan fingerprint density at radius 3 is 2.44 bits per heavy atom. The minimum atomic E-state index is -0.611. The molecular formula is C18H24ClN3O2S. The van der Waals surface area contributed by atoms with E-state index in [4.69, 9.17) is 5.73 Å². The first-order chi connectivity index (χ1) is 11.5. The highest BCUT2D eigenvalue weighted by Gasteiger charge is 2.20. The van der Waals surface area contributed by atoms with E-state index in [1.807, 2.05) is 61.0 Å². The van der Waals surface area contributed by atoms with Crippen molar-refractivity contribution in [3.63, 3.8) is 0 Å². The van der Waals surface area contributed by atoms with Gasteiger partial charge < -0.3 is 16.0 Å². The molecule has 0 fully saturated rings. The molecule has 2 rings (SSSR count). The van der Waals surface area contributed by atoms with Crippen LogP contribution in [0.1, 0.15) is 19.4 Å². The predicted octanol–water partition coefficient (Wildman–Crippen LogP) is 2.80. The predicted molar refractivity (Wildman–Crippen MR) is 105 cm³/mol. The molecule has 1 atom stereocenters. The van der Waals surface area contributed by atoms with Crippen LogP contribution in [0.4, 0.5) is 5.69 Å². The van der Waals surface area contributed by atoms with Gasteiger partial charge >= 0.3 is 0 Å². The maximum Gasteiger partial charge on any atom is 0.246 e. The fourth-order valence-electron chi connectivity index (χ4n) is 2.18. The zero-order valence-electron chi connectivity index (χ0n) is 14.3. The van der Waals surface area contributed by atoms with Crippen molar-refractivity contribution in [3.05, 3.63) is 52.7 Å². The zero-order valence-corrected chi connectivity index (χ0v) is 16.0. The molecule has 0 saturated heterocycles. The third-order valence-corrected chi connectivity index (χ3v) is 4.46. The Morgan fingerprint density at radius 1 is 1.20 bits per heavy atom. The van der Waals surface area contributed by atoms with Gasteiger partial charge in [0.05, 0.1) is 19.1 Å². The van der Waals surface area contributed by atoms with Crippen LogP contribution in [0.15, 0.2) is 47.2 Å². The number of benzene rings is 1. The minimum Gasteiger partial charge on any atom is -0.346 e. The average Bonchev–Trinajstić information content (AvgIpc) is 3.10. The van der Waals surface area contributed by atoms with Gasteiger partial charge in [-0.05, 0) is 40.4 Å². The van der Waals surface area contributed by atoms with Crippen LogP contribution < -0.4 is 16.0 Å². The Hall–Kier alpha value is -1.89. The number of halogens is 1. The molecule has 2 aromatic rings. The number of para-hydroxylation sites is 1. The number of nitrogens with two attached hydrogens (primary N) is 1. The SMILES string of the molecule is CC(C)[C@H](N)C(=O)NCC(=O)N(Cc1ccsc1)c1ccccc1.Cl. The molecule has 25 heavy (non-hydrogen) atoms. The van der Waals surface area contributed by atoms with Gasteiger partial charge in [-0.25, -0.2) is 0 Å². The van der Waals surface area contributed by atoms with E-state index in [0.717, 1.165) is 11.3 Å². The van der Waals surface area contributed by atoms with E-state index < -0.39 is 6.04 Å². The Balaban J connectivity index is 0.00000312. The molecule has 0 unspecified atom stereocenters. The van der Waals surface area contributed by atoms with Crippen molar-refractivity contribution in [1.82, 2.24) is 5.32 Å². The van der Waals surface area contributed by atoms with E-state index in [-0.39, 0.29) is 36.7 Å². The highest BCUT2D eigenvalue weighted by Crippen LogP contribution is 2.18. The topological polar surface area (TPSA) is 75.4 Å². The summed E-state index contributed by atoms with van der Waals surface area (Å²) in [6.07, 6.45) is 0. The monoisotopic (exact) mass is 381 g/mol. The number of amides is 2. The molecule has 0 aliphatic heterocycles. The average molecular weight is 382 g/mol. The maximum absolute atomic E-state index is 12.6. The molecule has 5 nitrogen and oxygen atoms in total.